The van der Waals surface area contributed by atoms with Crippen molar-refractivity contribution in [2.24, 2.45) is 0 Å². The van der Waals surface area contributed by atoms with Crippen LogP contribution in [0.3, 0.4) is 0 Å². The van der Waals surface area contributed by atoms with Gasteiger partial charge >= 0.3 is 0 Å². The van der Waals surface area contributed by atoms with Crippen LogP contribution in [0.4, 0.5) is 0 Å². The van der Waals surface area contributed by atoms with Crippen LogP contribution in [0.25, 0.3) is 0 Å². The third kappa shape index (κ3) is 15.6. The minimum atomic E-state index is -1.58. The molecule has 140 valence electrons. The molecule has 1 atom stereocenters. The van der Waals surface area contributed by atoms with E-state index in [1.54, 1.807) is 6.92 Å². The standard InChI is InChI=1S/C18H42O3Si2/c1-7-8-9-10-11-12-15-22(3,4)21-23(5,6)16-13-14-20-17-18(2)19/h18-19H,7-17H2,1-6H3. The molecule has 3 nitrogen and oxygen atoms in total. The summed E-state index contributed by atoms with van der Waals surface area (Å²) in [5.41, 5.74) is 0. The Morgan fingerprint density at radius 2 is 1.35 bits per heavy atom. The zero-order valence-corrected chi connectivity index (χ0v) is 18.6. The fourth-order valence-electron chi connectivity index (χ4n) is 3.03. The van der Waals surface area contributed by atoms with Crippen molar-refractivity contribution in [2.45, 2.75) is 103 Å². The van der Waals surface area contributed by atoms with Crippen LogP contribution in [-0.4, -0.2) is 41.1 Å². The Labute approximate surface area is 147 Å². The Morgan fingerprint density at radius 1 is 0.826 bits per heavy atom. The molecule has 0 saturated carbocycles. The first-order chi connectivity index (χ1) is 10.7. The van der Waals surface area contributed by atoms with Crippen LogP contribution in [0.2, 0.25) is 38.3 Å². The van der Waals surface area contributed by atoms with Crippen molar-refractivity contribution in [2.75, 3.05) is 13.2 Å². The first kappa shape index (κ1) is 23.3. The second kappa shape index (κ2) is 12.6. The summed E-state index contributed by atoms with van der Waals surface area (Å²) in [5, 5.41) is 9.18. The lowest BCUT2D eigenvalue weighted by Gasteiger charge is -2.34. The maximum Gasteiger partial charge on any atom is 0.173 e. The number of ether oxygens (including phenoxy) is 1. The van der Waals surface area contributed by atoms with E-state index in [1.807, 2.05) is 0 Å². The normalized spacial score (nSPS) is 14.2. The summed E-state index contributed by atoms with van der Waals surface area (Å²) in [6.07, 6.45) is 8.89. The lowest BCUT2D eigenvalue weighted by atomic mass is 10.1. The Kier molecular flexibility index (Phi) is 12.8. The largest absolute Gasteiger partial charge is 0.455 e. The van der Waals surface area contributed by atoms with Gasteiger partial charge in [-0.1, -0.05) is 45.4 Å². The first-order valence-corrected chi connectivity index (χ1v) is 15.9. The van der Waals surface area contributed by atoms with Crippen molar-refractivity contribution >= 4 is 16.6 Å². The molecule has 0 spiro atoms. The maximum atomic E-state index is 9.18. The van der Waals surface area contributed by atoms with Gasteiger partial charge in [0.2, 0.25) is 0 Å². The molecule has 5 heteroatoms. The Morgan fingerprint density at radius 3 is 1.91 bits per heavy atom. The average Bonchev–Trinajstić information content (AvgIpc) is 2.40. The lowest BCUT2D eigenvalue weighted by molar-refractivity contribution is 0.0464. The highest BCUT2D eigenvalue weighted by molar-refractivity contribution is 6.84. The molecule has 1 unspecified atom stereocenters. The number of aliphatic hydroxyl groups is 1. The third-order valence-corrected chi connectivity index (χ3v) is 11.6. The van der Waals surface area contributed by atoms with E-state index in [2.05, 4.69) is 33.1 Å². The number of aliphatic hydroxyl groups excluding tert-OH is 1. The van der Waals surface area contributed by atoms with E-state index < -0.39 is 16.6 Å². The molecule has 0 aromatic rings. The SMILES string of the molecule is CCCCCCCC[Si](C)(C)O[Si](C)(C)CCCOCC(C)O. The fourth-order valence-corrected chi connectivity index (χ4v) is 11.9. The lowest BCUT2D eigenvalue weighted by Crippen LogP contribution is -2.44. The molecule has 0 aliphatic rings. The number of unbranched alkanes of at least 4 members (excludes halogenated alkanes) is 5. The monoisotopic (exact) mass is 362 g/mol. The van der Waals surface area contributed by atoms with Gasteiger partial charge in [-0.3, -0.25) is 0 Å². The molecule has 0 rings (SSSR count). The summed E-state index contributed by atoms with van der Waals surface area (Å²) in [5.74, 6) is 0. The molecule has 0 aromatic carbocycles. The van der Waals surface area contributed by atoms with Gasteiger partial charge in [-0.25, -0.2) is 0 Å². The minimum absolute atomic E-state index is 0.361. The van der Waals surface area contributed by atoms with Crippen LogP contribution >= 0.6 is 0 Å². The van der Waals surface area contributed by atoms with Gasteiger partial charge in [0.1, 0.15) is 0 Å². The van der Waals surface area contributed by atoms with Crippen LogP contribution in [0, 0.1) is 0 Å². The van der Waals surface area contributed by atoms with Crippen molar-refractivity contribution in [3.05, 3.63) is 0 Å². The molecule has 23 heavy (non-hydrogen) atoms. The highest BCUT2D eigenvalue weighted by Gasteiger charge is 2.32. The van der Waals surface area contributed by atoms with Crippen LogP contribution in [0.5, 0.6) is 0 Å². The Hall–Kier alpha value is 0.314. The summed E-state index contributed by atoms with van der Waals surface area (Å²) in [4.78, 5) is 0. The average molecular weight is 363 g/mol. The number of hydrogen-bond donors (Lipinski definition) is 1. The molecule has 0 amide bonds. The molecular formula is C18H42O3Si2. The van der Waals surface area contributed by atoms with Crippen molar-refractivity contribution < 1.29 is 14.0 Å². The zero-order valence-electron chi connectivity index (χ0n) is 16.6. The molecule has 0 aliphatic heterocycles. The van der Waals surface area contributed by atoms with E-state index >= 15 is 0 Å². The van der Waals surface area contributed by atoms with Crippen LogP contribution < -0.4 is 0 Å². The highest BCUT2D eigenvalue weighted by atomic mass is 28.4. The van der Waals surface area contributed by atoms with Gasteiger partial charge in [0.25, 0.3) is 0 Å². The maximum absolute atomic E-state index is 9.18. The predicted molar refractivity (Wildman–Crippen MR) is 106 cm³/mol. The molecular weight excluding hydrogens is 320 g/mol. The van der Waals surface area contributed by atoms with E-state index in [-0.39, 0.29) is 6.10 Å². The first-order valence-electron chi connectivity index (χ1n) is 9.64. The van der Waals surface area contributed by atoms with Gasteiger partial charge in [-0.05, 0) is 51.6 Å². The smallest absolute Gasteiger partial charge is 0.173 e. The number of hydrogen-bond acceptors (Lipinski definition) is 3. The van der Waals surface area contributed by atoms with Crippen molar-refractivity contribution in [1.82, 2.24) is 0 Å². The van der Waals surface area contributed by atoms with E-state index in [4.69, 9.17) is 8.85 Å². The van der Waals surface area contributed by atoms with Gasteiger partial charge in [0.05, 0.1) is 12.7 Å². The van der Waals surface area contributed by atoms with Crippen LogP contribution in [0.15, 0.2) is 0 Å². The predicted octanol–water partition coefficient (Wildman–Crippen LogP) is 5.56. The van der Waals surface area contributed by atoms with E-state index in [9.17, 15) is 5.11 Å². The topological polar surface area (TPSA) is 38.7 Å². The molecule has 0 saturated heterocycles. The van der Waals surface area contributed by atoms with E-state index in [1.165, 1.54) is 44.6 Å². The van der Waals surface area contributed by atoms with Crippen LogP contribution in [0.1, 0.15) is 58.8 Å². The minimum Gasteiger partial charge on any atom is -0.455 e. The molecule has 0 bridgehead atoms. The van der Waals surface area contributed by atoms with Gasteiger partial charge < -0.3 is 14.0 Å². The molecule has 0 radical (unpaired) electrons. The Bertz CT molecular complexity index is 281. The number of rotatable bonds is 15. The summed E-state index contributed by atoms with van der Waals surface area (Å²) < 4.78 is 12.1. The van der Waals surface area contributed by atoms with Crippen molar-refractivity contribution in [1.29, 1.82) is 0 Å². The van der Waals surface area contributed by atoms with Gasteiger partial charge in [0.15, 0.2) is 16.6 Å². The zero-order chi connectivity index (χ0) is 17.8. The van der Waals surface area contributed by atoms with Crippen molar-refractivity contribution in [3.63, 3.8) is 0 Å². The quantitative estimate of drug-likeness (QED) is 0.306. The van der Waals surface area contributed by atoms with Crippen molar-refractivity contribution in [3.8, 4) is 0 Å². The molecule has 0 aliphatic carbocycles. The van der Waals surface area contributed by atoms with Crippen LogP contribution in [-0.2, 0) is 8.85 Å². The summed E-state index contributed by atoms with van der Waals surface area (Å²) in [7, 11) is -3.09. The van der Waals surface area contributed by atoms with E-state index in [0.717, 1.165) is 19.1 Å². The van der Waals surface area contributed by atoms with Gasteiger partial charge in [-0.2, -0.15) is 0 Å². The molecule has 0 fully saturated rings. The third-order valence-electron chi connectivity index (χ3n) is 4.11. The Balaban J connectivity index is 3.86. The van der Waals surface area contributed by atoms with Gasteiger partial charge in [0, 0.05) is 6.61 Å². The second-order valence-electron chi connectivity index (χ2n) is 8.17. The molecule has 0 aromatic heterocycles. The molecule has 0 heterocycles. The summed E-state index contributed by atoms with van der Waals surface area (Å²) in [6.45, 7) is 14.7. The van der Waals surface area contributed by atoms with E-state index in [0.29, 0.717) is 6.61 Å². The highest BCUT2D eigenvalue weighted by Crippen LogP contribution is 2.24. The van der Waals surface area contributed by atoms with Gasteiger partial charge in [-0.15, -0.1) is 0 Å². The fraction of sp³-hybridized carbons (Fsp3) is 1.00. The summed E-state index contributed by atoms with van der Waals surface area (Å²) in [6, 6.07) is 2.45. The molecule has 1 N–H and O–H groups in total. The second-order valence-corrected chi connectivity index (χ2v) is 17.0. The summed E-state index contributed by atoms with van der Waals surface area (Å²) >= 11 is 0.